The van der Waals surface area contributed by atoms with Crippen molar-refractivity contribution in [3.8, 4) is 5.69 Å². The maximum absolute atomic E-state index is 12.9. The second-order valence-electron chi connectivity index (χ2n) is 11.6. The Labute approximate surface area is 235 Å². The van der Waals surface area contributed by atoms with Gasteiger partial charge in [-0.05, 0) is 61.9 Å². The van der Waals surface area contributed by atoms with Gasteiger partial charge in [-0.2, -0.15) is 10.2 Å². The largest absolute Gasteiger partial charge is 0.339 e. The number of H-pyrrole nitrogens is 1. The summed E-state index contributed by atoms with van der Waals surface area (Å²) in [4.78, 5) is 27.4. The van der Waals surface area contributed by atoms with Gasteiger partial charge in [0.1, 0.15) is 5.82 Å². The van der Waals surface area contributed by atoms with Crippen LogP contribution in [-0.4, -0.2) is 49.9 Å². The van der Waals surface area contributed by atoms with E-state index in [2.05, 4.69) is 53.7 Å². The highest BCUT2D eigenvalue weighted by Crippen LogP contribution is 2.27. The number of aryl methyl sites for hydroxylation is 1. The molecule has 2 aromatic carbocycles. The number of nitrogens with zero attached hydrogens (tertiary/aromatic N) is 4. The van der Waals surface area contributed by atoms with Crippen LogP contribution in [0.3, 0.4) is 0 Å². The predicted octanol–water partition coefficient (Wildman–Crippen LogP) is 5.94. The zero-order valence-electron chi connectivity index (χ0n) is 23.6. The number of hydrogen-bond acceptors (Lipinski definition) is 4. The third-order valence-electron chi connectivity index (χ3n) is 7.38. The summed E-state index contributed by atoms with van der Waals surface area (Å²) in [6, 6.07) is 17.7. The van der Waals surface area contributed by atoms with Crippen molar-refractivity contribution < 1.29 is 9.59 Å². The predicted molar refractivity (Wildman–Crippen MR) is 157 cm³/mol. The molecule has 5 rings (SSSR count). The summed E-state index contributed by atoms with van der Waals surface area (Å²) < 4.78 is 1.77. The number of nitrogens with one attached hydrogen (secondary N) is 3. The fourth-order valence-corrected chi connectivity index (χ4v) is 4.95. The first-order chi connectivity index (χ1) is 19.2. The molecule has 40 heavy (non-hydrogen) atoms. The molecule has 0 aliphatic carbocycles. The van der Waals surface area contributed by atoms with Crippen molar-refractivity contribution >= 4 is 23.4 Å². The lowest BCUT2D eigenvalue weighted by atomic mass is 9.90. The molecule has 3 amide bonds. The molecule has 0 unspecified atom stereocenters. The fraction of sp³-hybridized carbons (Fsp3) is 0.355. The van der Waals surface area contributed by atoms with E-state index in [9.17, 15) is 9.59 Å². The molecule has 208 valence electrons. The smallest absolute Gasteiger partial charge is 0.324 e. The summed E-state index contributed by atoms with van der Waals surface area (Å²) in [5.41, 5.74) is 5.33. The van der Waals surface area contributed by atoms with Gasteiger partial charge in [-0.25, -0.2) is 9.48 Å². The fourth-order valence-electron chi connectivity index (χ4n) is 4.95. The molecule has 1 fully saturated rings. The van der Waals surface area contributed by atoms with Crippen LogP contribution < -0.4 is 10.6 Å². The SMILES string of the molecule is Cc1ccc(-n2nc(C(C)(C)C)cc2NC(=O)Nc2ccc(CC3CCN(C(=O)c4cn[nH]c4)CC3)cc2)cc1. The lowest BCUT2D eigenvalue weighted by Gasteiger charge is -2.31. The van der Waals surface area contributed by atoms with Crippen LogP contribution in [0, 0.1) is 12.8 Å². The Bertz CT molecular complexity index is 1440. The van der Waals surface area contributed by atoms with Crippen LogP contribution in [0.5, 0.6) is 0 Å². The molecule has 1 saturated heterocycles. The molecule has 0 spiro atoms. The second kappa shape index (κ2) is 11.4. The third kappa shape index (κ3) is 6.42. The van der Waals surface area contributed by atoms with Gasteiger partial charge in [0.05, 0.1) is 23.1 Å². The van der Waals surface area contributed by atoms with Crippen molar-refractivity contribution in [1.82, 2.24) is 24.9 Å². The number of aromatic nitrogens is 4. The molecule has 0 atom stereocenters. The van der Waals surface area contributed by atoms with Gasteiger partial charge in [0, 0.05) is 36.5 Å². The van der Waals surface area contributed by atoms with Crippen molar-refractivity contribution in [1.29, 1.82) is 0 Å². The van der Waals surface area contributed by atoms with Gasteiger partial charge in [-0.15, -0.1) is 0 Å². The number of carbonyl (C=O) groups is 2. The number of amides is 3. The average Bonchev–Trinajstić information content (AvgIpc) is 3.61. The van der Waals surface area contributed by atoms with Gasteiger partial charge in [0.2, 0.25) is 0 Å². The number of benzene rings is 2. The molecule has 0 radical (unpaired) electrons. The van der Waals surface area contributed by atoms with Gasteiger partial charge in [0.15, 0.2) is 0 Å². The summed E-state index contributed by atoms with van der Waals surface area (Å²) in [7, 11) is 0. The first-order valence-corrected chi connectivity index (χ1v) is 13.8. The minimum Gasteiger partial charge on any atom is -0.339 e. The number of aromatic amines is 1. The molecule has 3 heterocycles. The molecule has 9 nitrogen and oxygen atoms in total. The van der Waals surface area contributed by atoms with E-state index in [-0.39, 0.29) is 17.4 Å². The van der Waals surface area contributed by atoms with Gasteiger partial charge >= 0.3 is 6.03 Å². The summed E-state index contributed by atoms with van der Waals surface area (Å²) in [5, 5.41) is 17.3. The van der Waals surface area contributed by atoms with E-state index in [4.69, 9.17) is 5.10 Å². The zero-order valence-corrected chi connectivity index (χ0v) is 23.6. The summed E-state index contributed by atoms with van der Waals surface area (Å²) in [6.45, 7) is 9.86. The second-order valence-corrected chi connectivity index (χ2v) is 11.6. The molecular formula is C31H37N7O2. The molecular weight excluding hydrogens is 502 g/mol. The number of urea groups is 1. The van der Waals surface area contributed by atoms with Gasteiger partial charge < -0.3 is 10.2 Å². The minimum absolute atomic E-state index is 0.0393. The van der Waals surface area contributed by atoms with E-state index < -0.39 is 0 Å². The van der Waals surface area contributed by atoms with Crippen LogP contribution in [0.1, 0.15) is 60.8 Å². The summed E-state index contributed by atoms with van der Waals surface area (Å²) in [5.74, 6) is 1.17. The summed E-state index contributed by atoms with van der Waals surface area (Å²) in [6.07, 6.45) is 6.11. The van der Waals surface area contributed by atoms with Crippen molar-refractivity contribution in [2.45, 2.75) is 52.4 Å². The zero-order chi connectivity index (χ0) is 28.3. The van der Waals surface area contributed by atoms with Crippen molar-refractivity contribution in [3.63, 3.8) is 0 Å². The summed E-state index contributed by atoms with van der Waals surface area (Å²) >= 11 is 0. The number of hydrogen-bond donors (Lipinski definition) is 3. The monoisotopic (exact) mass is 539 g/mol. The quantitative estimate of drug-likeness (QED) is 0.282. The minimum atomic E-state index is -0.323. The molecule has 2 aromatic heterocycles. The Kier molecular flexibility index (Phi) is 7.73. The lowest BCUT2D eigenvalue weighted by molar-refractivity contribution is 0.0690. The topological polar surface area (TPSA) is 108 Å². The normalized spacial score (nSPS) is 14.2. The molecule has 9 heteroatoms. The number of rotatable bonds is 6. The molecule has 3 N–H and O–H groups in total. The molecule has 0 bridgehead atoms. The highest BCUT2D eigenvalue weighted by molar-refractivity contribution is 5.99. The Hall–Kier alpha value is -4.40. The van der Waals surface area contributed by atoms with Crippen molar-refractivity contribution in [3.05, 3.63) is 89.4 Å². The first kappa shape index (κ1) is 27.2. The van der Waals surface area contributed by atoms with Gasteiger partial charge in [0.25, 0.3) is 5.91 Å². The van der Waals surface area contributed by atoms with E-state index in [0.717, 1.165) is 55.0 Å². The van der Waals surface area contributed by atoms with Crippen molar-refractivity contribution in [2.24, 2.45) is 5.92 Å². The average molecular weight is 540 g/mol. The van der Waals surface area contributed by atoms with Crippen LogP contribution in [0.15, 0.2) is 67.0 Å². The van der Waals surface area contributed by atoms with E-state index in [1.54, 1.807) is 17.1 Å². The molecule has 1 aliphatic rings. The Morgan fingerprint density at radius 1 is 1.00 bits per heavy atom. The maximum atomic E-state index is 12.9. The number of likely N-dealkylation sites (tertiary alicyclic amines) is 1. The Morgan fingerprint density at radius 2 is 1.70 bits per heavy atom. The highest BCUT2D eigenvalue weighted by atomic mass is 16.2. The van der Waals surface area contributed by atoms with Crippen molar-refractivity contribution in [2.75, 3.05) is 23.7 Å². The highest BCUT2D eigenvalue weighted by Gasteiger charge is 2.24. The third-order valence-corrected chi connectivity index (χ3v) is 7.38. The lowest BCUT2D eigenvalue weighted by Crippen LogP contribution is -2.38. The number of carbonyl (C=O) groups excluding carboxylic acids is 2. The Balaban J connectivity index is 1.17. The maximum Gasteiger partial charge on any atom is 0.324 e. The van der Waals surface area contributed by atoms with Gasteiger partial charge in [-0.1, -0.05) is 50.6 Å². The standard InChI is InChI=1S/C31H37N7O2/c1-21-5-11-26(12-6-21)38-28(18-27(36-38)31(2,3)4)35-30(40)34-25-9-7-22(8-10-25)17-23-13-15-37(16-14-23)29(39)24-19-32-33-20-24/h5-12,18-20,23H,13-17H2,1-4H3,(H,32,33)(H2,34,35,40). The van der Waals surface area contributed by atoms with Crippen LogP contribution in [0.2, 0.25) is 0 Å². The number of piperidine rings is 1. The van der Waals surface area contributed by atoms with Crippen LogP contribution in [0.4, 0.5) is 16.3 Å². The van der Waals surface area contributed by atoms with Crippen LogP contribution >= 0.6 is 0 Å². The van der Waals surface area contributed by atoms with E-state index in [1.165, 1.54) is 5.56 Å². The Morgan fingerprint density at radius 3 is 2.33 bits per heavy atom. The van der Waals surface area contributed by atoms with Crippen LogP contribution in [-0.2, 0) is 11.8 Å². The number of anilines is 2. The molecule has 1 aliphatic heterocycles. The first-order valence-electron chi connectivity index (χ1n) is 13.8. The van der Waals surface area contributed by atoms with E-state index >= 15 is 0 Å². The van der Waals surface area contributed by atoms with Gasteiger partial charge in [-0.3, -0.25) is 15.2 Å². The molecule has 0 saturated carbocycles. The molecule has 4 aromatic rings. The van der Waals surface area contributed by atoms with Crippen LogP contribution in [0.25, 0.3) is 5.69 Å². The van der Waals surface area contributed by atoms with E-state index in [1.807, 2.05) is 54.3 Å². The van der Waals surface area contributed by atoms with E-state index in [0.29, 0.717) is 17.3 Å².